The van der Waals surface area contributed by atoms with Gasteiger partial charge in [-0.3, -0.25) is 0 Å². The van der Waals surface area contributed by atoms with Gasteiger partial charge in [-0.1, -0.05) is 37.1 Å². The molecule has 0 aromatic heterocycles. The minimum atomic E-state index is 0.333. The molecule has 2 aromatic rings. The van der Waals surface area contributed by atoms with E-state index in [4.69, 9.17) is 9.47 Å². The molecule has 3 nitrogen and oxygen atoms in total. The lowest BCUT2D eigenvalue weighted by atomic mass is 10.2. The van der Waals surface area contributed by atoms with Crippen LogP contribution in [0, 0.1) is 0 Å². The van der Waals surface area contributed by atoms with Gasteiger partial charge < -0.3 is 14.8 Å². The van der Waals surface area contributed by atoms with E-state index in [2.05, 4.69) is 5.32 Å². The number of hydrogen-bond acceptors (Lipinski definition) is 3. The second kappa shape index (κ2) is 7.14. The van der Waals surface area contributed by atoms with Crippen molar-refractivity contribution in [1.29, 1.82) is 0 Å². The van der Waals surface area contributed by atoms with Crippen LogP contribution in [0.3, 0.4) is 0 Å². The van der Waals surface area contributed by atoms with Gasteiger partial charge in [0.15, 0.2) is 6.79 Å². The fourth-order valence-electron chi connectivity index (χ4n) is 2.61. The van der Waals surface area contributed by atoms with Crippen LogP contribution in [0.4, 0.5) is 11.4 Å². The monoisotopic (exact) mass is 283 g/mol. The Morgan fingerprint density at radius 1 is 0.905 bits per heavy atom. The predicted molar refractivity (Wildman–Crippen MR) is 85.0 cm³/mol. The second-order valence-corrected chi connectivity index (χ2v) is 5.35. The average Bonchev–Trinajstić information content (AvgIpc) is 3.02. The van der Waals surface area contributed by atoms with Crippen LogP contribution in [0.1, 0.15) is 25.7 Å². The van der Waals surface area contributed by atoms with Gasteiger partial charge in [-0.2, -0.15) is 0 Å². The Morgan fingerprint density at radius 2 is 1.67 bits per heavy atom. The molecule has 21 heavy (non-hydrogen) atoms. The number of rotatable bonds is 6. The summed E-state index contributed by atoms with van der Waals surface area (Å²) in [7, 11) is 0. The zero-order valence-corrected chi connectivity index (χ0v) is 12.1. The molecule has 1 N–H and O–H groups in total. The summed E-state index contributed by atoms with van der Waals surface area (Å²) >= 11 is 0. The summed E-state index contributed by atoms with van der Waals surface area (Å²) in [6, 6.07) is 18.1. The summed E-state index contributed by atoms with van der Waals surface area (Å²) in [5, 5.41) is 3.36. The number of hydrogen-bond donors (Lipinski definition) is 1. The van der Waals surface area contributed by atoms with Crippen LogP contribution >= 0.6 is 0 Å². The van der Waals surface area contributed by atoms with E-state index in [-0.39, 0.29) is 0 Å². The van der Waals surface area contributed by atoms with E-state index in [0.717, 1.165) is 17.1 Å². The van der Waals surface area contributed by atoms with Crippen LogP contribution < -0.4 is 10.1 Å². The molecule has 0 atom stereocenters. The van der Waals surface area contributed by atoms with E-state index in [1.54, 1.807) is 0 Å². The highest BCUT2D eigenvalue weighted by atomic mass is 16.7. The van der Waals surface area contributed by atoms with E-state index in [1.807, 2.05) is 54.6 Å². The lowest BCUT2D eigenvalue weighted by Gasteiger charge is -2.13. The highest BCUT2D eigenvalue weighted by Gasteiger charge is 2.15. The molecule has 0 saturated heterocycles. The van der Waals surface area contributed by atoms with Crippen molar-refractivity contribution in [2.45, 2.75) is 31.8 Å². The maximum atomic E-state index is 5.72. The molecule has 0 spiro atoms. The summed E-state index contributed by atoms with van der Waals surface area (Å²) in [5.74, 6) is 0.828. The fourth-order valence-corrected chi connectivity index (χ4v) is 2.61. The Kier molecular flexibility index (Phi) is 4.74. The Morgan fingerprint density at radius 3 is 2.48 bits per heavy atom. The van der Waals surface area contributed by atoms with E-state index in [1.165, 1.54) is 25.7 Å². The first-order chi connectivity index (χ1) is 10.4. The van der Waals surface area contributed by atoms with Crippen molar-refractivity contribution >= 4 is 11.4 Å². The largest absolute Gasteiger partial charge is 0.467 e. The van der Waals surface area contributed by atoms with Gasteiger partial charge in [0, 0.05) is 17.4 Å². The van der Waals surface area contributed by atoms with Gasteiger partial charge in [0.05, 0.1) is 6.10 Å². The summed E-state index contributed by atoms with van der Waals surface area (Å²) in [5.41, 5.74) is 2.08. The molecule has 3 heteroatoms. The zero-order chi connectivity index (χ0) is 14.3. The van der Waals surface area contributed by atoms with Crippen LogP contribution in [-0.2, 0) is 4.74 Å². The van der Waals surface area contributed by atoms with Gasteiger partial charge in [-0.15, -0.1) is 0 Å². The van der Waals surface area contributed by atoms with Crippen molar-refractivity contribution in [3.63, 3.8) is 0 Å². The third-order valence-electron chi connectivity index (χ3n) is 3.73. The molecule has 110 valence electrons. The smallest absolute Gasteiger partial charge is 0.189 e. The highest BCUT2D eigenvalue weighted by molar-refractivity contribution is 5.60. The molecule has 0 aliphatic heterocycles. The van der Waals surface area contributed by atoms with Crippen molar-refractivity contribution < 1.29 is 9.47 Å². The maximum Gasteiger partial charge on any atom is 0.189 e. The fraction of sp³-hybridized carbons (Fsp3) is 0.333. The Labute approximate surface area is 125 Å². The number of para-hydroxylation sites is 1. The first kappa shape index (κ1) is 14.0. The lowest BCUT2D eigenvalue weighted by molar-refractivity contribution is -0.0324. The summed E-state index contributed by atoms with van der Waals surface area (Å²) < 4.78 is 11.4. The van der Waals surface area contributed by atoms with E-state index in [9.17, 15) is 0 Å². The molecule has 1 aliphatic carbocycles. The Balaban J connectivity index is 1.53. The van der Waals surface area contributed by atoms with Crippen molar-refractivity contribution in [3.05, 3.63) is 54.6 Å². The Hall–Kier alpha value is -2.00. The van der Waals surface area contributed by atoms with Crippen molar-refractivity contribution in [2.75, 3.05) is 12.1 Å². The molecule has 1 saturated carbocycles. The predicted octanol–water partition coefficient (Wildman–Crippen LogP) is 4.73. The summed E-state index contributed by atoms with van der Waals surface area (Å²) in [4.78, 5) is 0. The van der Waals surface area contributed by atoms with Crippen LogP contribution in [0.15, 0.2) is 54.6 Å². The molecular formula is C18H21NO2. The first-order valence-corrected chi connectivity index (χ1v) is 7.57. The average molecular weight is 283 g/mol. The number of ether oxygens (including phenoxy) is 2. The van der Waals surface area contributed by atoms with Crippen LogP contribution in [0.2, 0.25) is 0 Å². The molecular weight excluding hydrogens is 262 g/mol. The minimum absolute atomic E-state index is 0.333. The van der Waals surface area contributed by atoms with Gasteiger partial charge in [0.1, 0.15) is 5.75 Å². The molecule has 0 radical (unpaired) electrons. The third kappa shape index (κ3) is 4.23. The first-order valence-electron chi connectivity index (χ1n) is 7.57. The number of anilines is 2. The number of benzene rings is 2. The van der Waals surface area contributed by atoms with Gasteiger partial charge in [-0.05, 0) is 37.1 Å². The van der Waals surface area contributed by atoms with Gasteiger partial charge >= 0.3 is 0 Å². The van der Waals surface area contributed by atoms with E-state index >= 15 is 0 Å². The van der Waals surface area contributed by atoms with Gasteiger partial charge in [0.2, 0.25) is 0 Å². The van der Waals surface area contributed by atoms with Crippen molar-refractivity contribution in [1.82, 2.24) is 0 Å². The van der Waals surface area contributed by atoms with E-state index in [0.29, 0.717) is 12.9 Å². The topological polar surface area (TPSA) is 30.5 Å². The van der Waals surface area contributed by atoms with Crippen LogP contribution in [0.5, 0.6) is 5.75 Å². The quantitative estimate of drug-likeness (QED) is 0.778. The highest BCUT2D eigenvalue weighted by Crippen LogP contribution is 2.23. The zero-order valence-electron chi connectivity index (χ0n) is 12.1. The molecule has 0 amide bonds. The molecule has 1 aliphatic rings. The van der Waals surface area contributed by atoms with Gasteiger partial charge in [-0.25, -0.2) is 0 Å². The molecule has 1 fully saturated rings. The van der Waals surface area contributed by atoms with Crippen molar-refractivity contribution in [3.8, 4) is 5.75 Å². The molecule has 0 bridgehead atoms. The lowest BCUT2D eigenvalue weighted by Crippen LogP contribution is -2.12. The Bertz CT molecular complexity index is 550. The van der Waals surface area contributed by atoms with Gasteiger partial charge in [0.25, 0.3) is 0 Å². The molecule has 0 heterocycles. The summed E-state index contributed by atoms with van der Waals surface area (Å²) in [6.07, 6.45) is 5.27. The standard InChI is InChI=1S/C18H21NO2/c1-2-7-15(8-3-1)19-16-9-6-12-18(13-16)21-14-20-17-10-4-5-11-17/h1-3,6-9,12-13,17,19H,4-5,10-11,14H2. The third-order valence-corrected chi connectivity index (χ3v) is 3.73. The van der Waals surface area contributed by atoms with Crippen molar-refractivity contribution in [2.24, 2.45) is 0 Å². The maximum absolute atomic E-state index is 5.72. The SMILES string of the molecule is c1ccc(Nc2cccc(OCOC3CCCC3)c2)cc1. The number of nitrogens with one attached hydrogen (secondary N) is 1. The molecule has 2 aromatic carbocycles. The summed E-state index contributed by atoms with van der Waals surface area (Å²) in [6.45, 7) is 0.333. The molecule has 0 unspecified atom stereocenters. The van der Waals surface area contributed by atoms with Crippen LogP contribution in [0.25, 0.3) is 0 Å². The minimum Gasteiger partial charge on any atom is -0.467 e. The molecule has 3 rings (SSSR count). The normalized spacial score (nSPS) is 15.0. The second-order valence-electron chi connectivity index (χ2n) is 5.35. The van der Waals surface area contributed by atoms with Crippen LogP contribution in [-0.4, -0.2) is 12.9 Å². The van der Waals surface area contributed by atoms with E-state index < -0.39 is 0 Å².